The van der Waals surface area contributed by atoms with Crippen LogP contribution in [-0.2, 0) is 11.3 Å². The highest BCUT2D eigenvalue weighted by Gasteiger charge is 2.28. The van der Waals surface area contributed by atoms with Crippen molar-refractivity contribution in [1.29, 1.82) is 0 Å². The third-order valence-electron chi connectivity index (χ3n) is 4.02. The first-order chi connectivity index (χ1) is 8.56. The molecule has 3 unspecified atom stereocenters. The fraction of sp³-hybridized carbons (Fsp3) is 0.692. The molecule has 0 aliphatic heterocycles. The number of amides is 1. The second kappa shape index (κ2) is 5.42. The third kappa shape index (κ3) is 3.03. The molecule has 0 radical (unpaired) electrons. The first-order valence-corrected chi connectivity index (χ1v) is 6.64. The first-order valence-electron chi connectivity index (χ1n) is 6.64. The summed E-state index contributed by atoms with van der Waals surface area (Å²) in [6.07, 6.45) is 5.27. The van der Waals surface area contributed by atoms with Gasteiger partial charge in [-0.05, 0) is 24.3 Å². The Bertz CT molecular complexity index is 415. The van der Waals surface area contributed by atoms with E-state index in [1.807, 2.05) is 0 Å². The molecule has 1 aliphatic carbocycles. The Morgan fingerprint density at radius 1 is 1.56 bits per heavy atom. The molecule has 1 saturated carbocycles. The molecule has 1 heterocycles. The molecule has 2 rings (SSSR count). The molecule has 5 heteroatoms. The highest BCUT2D eigenvalue weighted by atomic mass is 16.2. The largest absolute Gasteiger partial charge is 0.382 e. The number of nitrogens with zero attached hydrogens (tertiary/aromatic N) is 2. The molecule has 3 atom stereocenters. The SMILES string of the molecule is CC1CCCC(NC(=O)Cn2ccc(N)n2)C1C. The molecule has 5 nitrogen and oxygen atoms in total. The molecule has 100 valence electrons. The fourth-order valence-electron chi connectivity index (χ4n) is 2.65. The number of nitrogens with two attached hydrogens (primary N) is 1. The van der Waals surface area contributed by atoms with Gasteiger partial charge in [0.25, 0.3) is 0 Å². The number of rotatable bonds is 3. The van der Waals surface area contributed by atoms with Crippen LogP contribution in [0.1, 0.15) is 33.1 Å². The minimum atomic E-state index is 0.0176. The smallest absolute Gasteiger partial charge is 0.241 e. The molecule has 0 spiro atoms. The second-order valence-corrected chi connectivity index (χ2v) is 5.38. The number of carbonyl (C=O) groups excluding carboxylic acids is 1. The van der Waals surface area contributed by atoms with Crippen LogP contribution >= 0.6 is 0 Å². The maximum Gasteiger partial charge on any atom is 0.241 e. The van der Waals surface area contributed by atoms with Crippen LogP contribution in [0.4, 0.5) is 5.82 Å². The Morgan fingerprint density at radius 3 is 3.00 bits per heavy atom. The predicted molar refractivity (Wildman–Crippen MR) is 70.7 cm³/mol. The first kappa shape index (κ1) is 12.9. The minimum absolute atomic E-state index is 0.0176. The quantitative estimate of drug-likeness (QED) is 0.851. The van der Waals surface area contributed by atoms with Gasteiger partial charge < -0.3 is 11.1 Å². The number of aromatic nitrogens is 2. The van der Waals surface area contributed by atoms with Crippen LogP contribution in [0.2, 0.25) is 0 Å². The minimum Gasteiger partial charge on any atom is -0.382 e. The van der Waals surface area contributed by atoms with Crippen molar-refractivity contribution >= 4 is 11.7 Å². The molecule has 18 heavy (non-hydrogen) atoms. The van der Waals surface area contributed by atoms with Gasteiger partial charge in [-0.25, -0.2) is 0 Å². The Kier molecular flexibility index (Phi) is 3.89. The monoisotopic (exact) mass is 250 g/mol. The maximum atomic E-state index is 11.9. The lowest BCUT2D eigenvalue weighted by molar-refractivity contribution is -0.123. The van der Waals surface area contributed by atoms with Gasteiger partial charge in [-0.3, -0.25) is 9.48 Å². The molecule has 1 fully saturated rings. The van der Waals surface area contributed by atoms with Crippen LogP contribution in [0.25, 0.3) is 0 Å². The second-order valence-electron chi connectivity index (χ2n) is 5.38. The van der Waals surface area contributed by atoms with Crippen molar-refractivity contribution in [2.24, 2.45) is 11.8 Å². The van der Waals surface area contributed by atoms with E-state index in [0.29, 0.717) is 23.7 Å². The van der Waals surface area contributed by atoms with Crippen molar-refractivity contribution in [3.05, 3.63) is 12.3 Å². The standard InChI is InChI=1S/C13H22N4O/c1-9-4-3-5-11(10(9)2)15-13(18)8-17-7-6-12(14)16-17/h6-7,9-11H,3-5,8H2,1-2H3,(H2,14,16)(H,15,18). The van der Waals surface area contributed by atoms with Crippen LogP contribution in [0, 0.1) is 11.8 Å². The summed E-state index contributed by atoms with van der Waals surface area (Å²) in [5.41, 5.74) is 5.52. The van der Waals surface area contributed by atoms with E-state index in [1.165, 1.54) is 12.8 Å². The van der Waals surface area contributed by atoms with E-state index in [0.717, 1.165) is 6.42 Å². The van der Waals surface area contributed by atoms with Crippen LogP contribution < -0.4 is 11.1 Å². The molecule has 1 amide bonds. The van der Waals surface area contributed by atoms with Gasteiger partial charge >= 0.3 is 0 Å². The predicted octanol–water partition coefficient (Wildman–Crippen LogP) is 1.41. The van der Waals surface area contributed by atoms with Gasteiger partial charge in [0, 0.05) is 12.2 Å². The lowest BCUT2D eigenvalue weighted by Crippen LogP contribution is -2.44. The zero-order valence-corrected chi connectivity index (χ0v) is 11.1. The van der Waals surface area contributed by atoms with Crippen molar-refractivity contribution < 1.29 is 4.79 Å². The lowest BCUT2D eigenvalue weighted by Gasteiger charge is -2.34. The van der Waals surface area contributed by atoms with Crippen LogP contribution in [0.15, 0.2) is 12.3 Å². The Morgan fingerprint density at radius 2 is 2.33 bits per heavy atom. The summed E-state index contributed by atoms with van der Waals surface area (Å²) in [5, 5.41) is 7.13. The van der Waals surface area contributed by atoms with E-state index in [-0.39, 0.29) is 12.5 Å². The zero-order valence-electron chi connectivity index (χ0n) is 11.1. The van der Waals surface area contributed by atoms with Gasteiger partial charge in [-0.15, -0.1) is 0 Å². The van der Waals surface area contributed by atoms with E-state index >= 15 is 0 Å². The Hall–Kier alpha value is -1.52. The third-order valence-corrected chi connectivity index (χ3v) is 4.02. The van der Waals surface area contributed by atoms with Crippen molar-refractivity contribution in [3.63, 3.8) is 0 Å². The highest BCUT2D eigenvalue weighted by molar-refractivity contribution is 5.76. The number of nitrogens with one attached hydrogen (secondary N) is 1. The van der Waals surface area contributed by atoms with Gasteiger partial charge in [-0.2, -0.15) is 5.10 Å². The summed E-state index contributed by atoms with van der Waals surface area (Å²) < 4.78 is 1.57. The number of anilines is 1. The summed E-state index contributed by atoms with van der Waals surface area (Å²) in [6, 6.07) is 1.99. The number of hydrogen-bond donors (Lipinski definition) is 2. The highest BCUT2D eigenvalue weighted by Crippen LogP contribution is 2.29. The molecule has 3 N–H and O–H groups in total. The molecule has 0 aromatic carbocycles. The molecule has 1 aromatic heterocycles. The molecule has 1 aliphatic rings. The normalized spacial score (nSPS) is 28.0. The van der Waals surface area contributed by atoms with Crippen molar-refractivity contribution in [3.8, 4) is 0 Å². The van der Waals surface area contributed by atoms with E-state index < -0.39 is 0 Å². The van der Waals surface area contributed by atoms with Crippen LogP contribution in [0.5, 0.6) is 0 Å². The summed E-state index contributed by atoms with van der Waals surface area (Å²) in [7, 11) is 0. The van der Waals surface area contributed by atoms with E-state index in [2.05, 4.69) is 24.3 Å². The van der Waals surface area contributed by atoms with Crippen molar-refractivity contribution in [1.82, 2.24) is 15.1 Å². The number of carbonyl (C=O) groups is 1. The fourth-order valence-corrected chi connectivity index (χ4v) is 2.65. The van der Waals surface area contributed by atoms with Crippen molar-refractivity contribution in [2.45, 2.75) is 45.7 Å². The molecule has 0 saturated heterocycles. The molecule has 1 aromatic rings. The Labute approximate surface area is 108 Å². The molecular formula is C13H22N4O. The molecule has 0 bridgehead atoms. The van der Waals surface area contributed by atoms with E-state index in [9.17, 15) is 4.79 Å². The number of nitrogen functional groups attached to an aromatic ring is 1. The van der Waals surface area contributed by atoms with Gasteiger partial charge in [0.2, 0.25) is 5.91 Å². The lowest BCUT2D eigenvalue weighted by atomic mass is 9.78. The van der Waals surface area contributed by atoms with Crippen LogP contribution in [-0.4, -0.2) is 21.7 Å². The average Bonchev–Trinajstić information content (AvgIpc) is 2.70. The zero-order chi connectivity index (χ0) is 13.1. The average molecular weight is 250 g/mol. The van der Waals surface area contributed by atoms with Gasteiger partial charge in [0.1, 0.15) is 12.4 Å². The summed E-state index contributed by atoms with van der Waals surface area (Å²) in [5.74, 6) is 1.70. The van der Waals surface area contributed by atoms with E-state index in [1.54, 1.807) is 16.9 Å². The summed E-state index contributed by atoms with van der Waals surface area (Å²) in [6.45, 7) is 4.73. The number of hydrogen-bond acceptors (Lipinski definition) is 3. The van der Waals surface area contributed by atoms with Gasteiger partial charge in [0.15, 0.2) is 0 Å². The maximum absolute atomic E-state index is 11.9. The van der Waals surface area contributed by atoms with Crippen LogP contribution in [0.3, 0.4) is 0 Å². The molecular weight excluding hydrogens is 228 g/mol. The topological polar surface area (TPSA) is 72.9 Å². The Balaban J connectivity index is 1.87. The van der Waals surface area contributed by atoms with Gasteiger partial charge in [0.05, 0.1) is 0 Å². The van der Waals surface area contributed by atoms with Gasteiger partial charge in [-0.1, -0.05) is 26.7 Å². The van der Waals surface area contributed by atoms with E-state index in [4.69, 9.17) is 5.73 Å². The summed E-state index contributed by atoms with van der Waals surface area (Å²) >= 11 is 0. The summed E-state index contributed by atoms with van der Waals surface area (Å²) in [4.78, 5) is 11.9. The van der Waals surface area contributed by atoms with Crippen molar-refractivity contribution in [2.75, 3.05) is 5.73 Å².